The van der Waals surface area contributed by atoms with Gasteiger partial charge in [-0.05, 0) is 48.5 Å². The Morgan fingerprint density at radius 3 is 1.38 bits per heavy atom. The van der Waals surface area contributed by atoms with Gasteiger partial charge < -0.3 is 13.7 Å². The summed E-state index contributed by atoms with van der Waals surface area (Å²) in [6.45, 7) is 15.9. The molecule has 5 nitrogen and oxygen atoms in total. The molecule has 254 valence electrons. The highest BCUT2D eigenvalue weighted by Crippen LogP contribution is 2.44. The molecule has 0 saturated carbocycles. The highest BCUT2D eigenvalue weighted by atomic mass is 15.1. The highest BCUT2D eigenvalue weighted by molar-refractivity contribution is 6.16. The van der Waals surface area contributed by atoms with E-state index in [0.29, 0.717) is 11.4 Å². The molecule has 8 aromatic carbocycles. The summed E-state index contributed by atoms with van der Waals surface area (Å²) in [7, 11) is 0. The zero-order valence-electron chi connectivity index (χ0n) is 29.5. The van der Waals surface area contributed by atoms with Crippen LogP contribution in [0.4, 0.5) is 11.4 Å². The second kappa shape index (κ2) is 11.8. The minimum absolute atomic E-state index is 0.550. The number of fused-ring (bicyclic) bond motifs is 9. The van der Waals surface area contributed by atoms with Gasteiger partial charge >= 0.3 is 0 Å². The molecule has 0 fully saturated rings. The first kappa shape index (κ1) is 30.7. The fraction of sp³-hybridized carbons (Fsp3) is 0. The van der Waals surface area contributed by atoms with Crippen molar-refractivity contribution in [2.45, 2.75) is 0 Å². The molecule has 0 aliphatic rings. The molecule has 55 heavy (non-hydrogen) atoms. The topological polar surface area (TPSA) is 23.5 Å². The summed E-state index contributed by atoms with van der Waals surface area (Å²) in [4.78, 5) is 7.69. The van der Waals surface area contributed by atoms with E-state index in [9.17, 15) is 0 Å². The van der Waals surface area contributed by atoms with Crippen molar-refractivity contribution in [1.29, 1.82) is 0 Å². The van der Waals surface area contributed by atoms with Crippen LogP contribution in [0.15, 0.2) is 176 Å². The lowest BCUT2D eigenvalue weighted by molar-refractivity contribution is 1.13. The monoisotopic (exact) mass is 699 g/mol. The van der Waals surface area contributed by atoms with Crippen LogP contribution in [0, 0.1) is 13.1 Å². The first-order valence-electron chi connectivity index (χ1n) is 18.3. The summed E-state index contributed by atoms with van der Waals surface area (Å²) in [5, 5.41) is 6.94. The van der Waals surface area contributed by atoms with E-state index in [0.717, 1.165) is 72.1 Å². The van der Waals surface area contributed by atoms with Gasteiger partial charge in [0.15, 0.2) is 11.4 Å². The first-order chi connectivity index (χ1) is 27.2. The van der Waals surface area contributed by atoms with E-state index in [1.807, 2.05) is 36.4 Å². The SMILES string of the molecule is [C-]#[N+]c1ccc(-c2ccccc2-n2c3ccccc3c3cccc(-n4c5ccccc5c5ccccc54)c32)c(-n2c3ccccc3c3ccc([N+]#[C-])cc32)c1. The van der Waals surface area contributed by atoms with Gasteiger partial charge in [-0.3, -0.25) is 0 Å². The van der Waals surface area contributed by atoms with Crippen molar-refractivity contribution >= 4 is 76.8 Å². The van der Waals surface area contributed by atoms with Crippen LogP contribution < -0.4 is 0 Å². The lowest BCUT2D eigenvalue weighted by Gasteiger charge is -2.20. The molecule has 0 atom stereocenters. The average molecular weight is 700 g/mol. The lowest BCUT2D eigenvalue weighted by Crippen LogP contribution is -2.03. The number of aromatic nitrogens is 3. The molecule has 0 N–H and O–H groups in total. The third-order valence-corrected chi connectivity index (χ3v) is 11.1. The molecule has 0 spiro atoms. The molecule has 0 unspecified atom stereocenters. The van der Waals surface area contributed by atoms with Crippen LogP contribution in [0.3, 0.4) is 0 Å². The normalized spacial score (nSPS) is 11.6. The lowest BCUT2D eigenvalue weighted by atomic mass is 10.00. The van der Waals surface area contributed by atoms with E-state index in [1.54, 1.807) is 0 Å². The summed E-state index contributed by atoms with van der Waals surface area (Å²) in [6, 6.07) is 61.5. The quantitative estimate of drug-likeness (QED) is 0.163. The largest absolute Gasteiger partial charge is 0.311 e. The van der Waals surface area contributed by atoms with E-state index in [2.05, 4.69) is 163 Å². The minimum Gasteiger partial charge on any atom is -0.311 e. The van der Waals surface area contributed by atoms with Crippen LogP contribution in [0.2, 0.25) is 0 Å². The summed E-state index contributed by atoms with van der Waals surface area (Å²) >= 11 is 0. The maximum atomic E-state index is 8.04. The van der Waals surface area contributed by atoms with Crippen LogP contribution >= 0.6 is 0 Å². The van der Waals surface area contributed by atoms with Gasteiger partial charge in [-0.1, -0.05) is 127 Å². The van der Waals surface area contributed by atoms with Gasteiger partial charge in [0, 0.05) is 54.6 Å². The van der Waals surface area contributed by atoms with Gasteiger partial charge in [-0.15, -0.1) is 0 Å². The predicted molar refractivity (Wildman–Crippen MR) is 227 cm³/mol. The number of hydrogen-bond acceptors (Lipinski definition) is 0. The first-order valence-corrected chi connectivity index (χ1v) is 18.3. The Kier molecular flexibility index (Phi) is 6.61. The molecule has 0 aliphatic carbocycles. The molecule has 0 amide bonds. The van der Waals surface area contributed by atoms with Crippen molar-refractivity contribution in [2.24, 2.45) is 0 Å². The summed E-state index contributed by atoms with van der Waals surface area (Å²) in [6.07, 6.45) is 0. The van der Waals surface area contributed by atoms with Gasteiger partial charge in [0.1, 0.15) is 0 Å². The Morgan fingerprint density at radius 2 is 0.745 bits per heavy atom. The predicted octanol–water partition coefficient (Wildman–Crippen LogP) is 13.7. The van der Waals surface area contributed by atoms with Crippen molar-refractivity contribution in [3.63, 3.8) is 0 Å². The maximum Gasteiger partial charge on any atom is 0.189 e. The van der Waals surface area contributed by atoms with Crippen LogP contribution in [0.5, 0.6) is 0 Å². The molecule has 0 aliphatic heterocycles. The van der Waals surface area contributed by atoms with E-state index in [-0.39, 0.29) is 0 Å². The molecular weight excluding hydrogens is 671 g/mol. The third kappa shape index (κ3) is 4.39. The molecule has 0 bridgehead atoms. The number of nitrogens with zero attached hydrogens (tertiary/aromatic N) is 5. The van der Waals surface area contributed by atoms with Crippen LogP contribution in [0.25, 0.3) is 103 Å². The van der Waals surface area contributed by atoms with Gasteiger partial charge in [0.05, 0.1) is 52.1 Å². The molecule has 11 aromatic rings. The Hall–Kier alpha value is -7.86. The fourth-order valence-electron chi connectivity index (χ4n) is 8.80. The smallest absolute Gasteiger partial charge is 0.189 e. The molecule has 5 heteroatoms. The Morgan fingerprint density at radius 1 is 0.309 bits per heavy atom. The summed E-state index contributed by atoms with van der Waals surface area (Å²) < 4.78 is 7.07. The molecular formula is C50H29N5. The number of hydrogen-bond donors (Lipinski definition) is 0. The summed E-state index contributed by atoms with van der Waals surface area (Å²) in [5.74, 6) is 0. The van der Waals surface area contributed by atoms with E-state index in [4.69, 9.17) is 13.1 Å². The van der Waals surface area contributed by atoms with E-state index < -0.39 is 0 Å². The number of benzene rings is 8. The van der Waals surface area contributed by atoms with Crippen molar-refractivity contribution < 1.29 is 0 Å². The molecule has 0 radical (unpaired) electrons. The van der Waals surface area contributed by atoms with Gasteiger partial charge in [0.2, 0.25) is 0 Å². The van der Waals surface area contributed by atoms with Crippen molar-refractivity contribution in [3.8, 4) is 28.2 Å². The third-order valence-electron chi connectivity index (χ3n) is 11.1. The zero-order valence-corrected chi connectivity index (χ0v) is 29.5. The Balaban J connectivity index is 1.26. The van der Waals surface area contributed by atoms with Gasteiger partial charge in [-0.25, -0.2) is 9.69 Å². The molecule has 0 saturated heterocycles. The highest BCUT2D eigenvalue weighted by Gasteiger charge is 2.23. The van der Waals surface area contributed by atoms with E-state index in [1.165, 1.54) is 21.5 Å². The van der Waals surface area contributed by atoms with Crippen molar-refractivity contribution in [2.75, 3.05) is 0 Å². The molecule has 11 rings (SSSR count). The van der Waals surface area contributed by atoms with E-state index >= 15 is 0 Å². The fourth-order valence-corrected chi connectivity index (χ4v) is 8.80. The molecule has 3 aromatic heterocycles. The standard InChI is InChI=1S/C50H29N5/c1-51-32-26-28-39-36-16-5-10-22-44(36)54(48(39)30-32)49-31-33(52-2)27-29-40(49)37-17-6-11-23-45(37)55-46-24-12-7-18-38(46)41-19-13-25-47(50(41)55)53-42-20-8-3-14-34(42)35-15-4-9-21-43(35)53/h3-31H. The molecule has 3 heterocycles. The minimum atomic E-state index is 0.550. The Labute approximate surface area is 316 Å². The van der Waals surface area contributed by atoms with Gasteiger partial charge in [-0.2, -0.15) is 0 Å². The number of rotatable bonds is 4. The zero-order chi connectivity index (χ0) is 36.6. The van der Waals surface area contributed by atoms with Crippen molar-refractivity contribution in [1.82, 2.24) is 13.7 Å². The number of para-hydroxylation sites is 6. The van der Waals surface area contributed by atoms with Gasteiger partial charge in [0.25, 0.3) is 0 Å². The second-order valence-corrected chi connectivity index (χ2v) is 13.9. The van der Waals surface area contributed by atoms with Crippen LogP contribution in [-0.4, -0.2) is 13.7 Å². The second-order valence-electron chi connectivity index (χ2n) is 13.9. The van der Waals surface area contributed by atoms with Crippen LogP contribution in [-0.2, 0) is 0 Å². The Bertz CT molecular complexity index is 3420. The van der Waals surface area contributed by atoms with Crippen molar-refractivity contribution in [3.05, 3.63) is 199 Å². The summed E-state index contributed by atoms with van der Waals surface area (Å²) in [5.41, 5.74) is 12.6. The maximum absolute atomic E-state index is 8.04. The van der Waals surface area contributed by atoms with Crippen LogP contribution in [0.1, 0.15) is 0 Å². The average Bonchev–Trinajstić information content (AvgIpc) is 3.89.